The Bertz CT molecular complexity index is 1050. The Morgan fingerprint density at radius 2 is 1.93 bits per heavy atom. The lowest BCUT2D eigenvalue weighted by atomic mass is 10.1. The molecule has 0 radical (unpaired) electrons. The normalized spacial score (nSPS) is 15.0. The molecule has 29 heavy (non-hydrogen) atoms. The van der Waals surface area contributed by atoms with Crippen LogP contribution in [-0.4, -0.2) is 46.8 Å². The minimum atomic E-state index is -0.374. The van der Waals surface area contributed by atoms with Crippen LogP contribution in [0.2, 0.25) is 0 Å². The average Bonchev–Trinajstić information content (AvgIpc) is 3.10. The third-order valence-corrected chi connectivity index (χ3v) is 5.41. The summed E-state index contributed by atoms with van der Waals surface area (Å²) in [7, 11) is 0. The van der Waals surface area contributed by atoms with E-state index in [0.29, 0.717) is 26.1 Å². The Kier molecular flexibility index (Phi) is 5.31. The van der Waals surface area contributed by atoms with Crippen LogP contribution in [0.5, 0.6) is 0 Å². The molecular weight excluding hydrogens is 370 g/mol. The number of rotatable bonds is 5. The van der Waals surface area contributed by atoms with Crippen LogP contribution in [0.25, 0.3) is 11.0 Å². The van der Waals surface area contributed by atoms with Gasteiger partial charge in [-0.15, -0.1) is 0 Å². The van der Waals surface area contributed by atoms with Crippen LogP contribution in [0, 0.1) is 17.0 Å². The zero-order chi connectivity index (χ0) is 20.4. The van der Waals surface area contributed by atoms with E-state index in [1.807, 2.05) is 36.1 Å². The largest absolute Gasteiger partial charge is 0.464 e. The molecule has 2 heterocycles. The first-order valence-electron chi connectivity index (χ1n) is 9.70. The summed E-state index contributed by atoms with van der Waals surface area (Å²) < 4.78 is 5.60. The number of nitro benzene ring substituents is 1. The minimum Gasteiger partial charge on any atom is -0.464 e. The SMILES string of the molecule is Cc1ccc2c(CC(=O)N3CCN(Cc4cccc([N+](=O)[O-])c4)CC3)coc2c1. The third kappa shape index (κ3) is 4.30. The van der Waals surface area contributed by atoms with Crippen molar-refractivity contribution < 1.29 is 14.1 Å². The number of aryl methyl sites for hydroxylation is 1. The number of hydrogen-bond donors (Lipinski definition) is 0. The lowest BCUT2D eigenvalue weighted by molar-refractivity contribution is -0.384. The second kappa shape index (κ2) is 8.05. The van der Waals surface area contributed by atoms with Gasteiger partial charge in [-0.3, -0.25) is 19.8 Å². The van der Waals surface area contributed by atoms with Crippen LogP contribution in [0.4, 0.5) is 5.69 Å². The van der Waals surface area contributed by atoms with Crippen LogP contribution in [-0.2, 0) is 17.8 Å². The maximum absolute atomic E-state index is 12.8. The standard InChI is InChI=1S/C22H23N3O4/c1-16-5-6-20-18(15-29-21(20)11-16)13-22(26)24-9-7-23(8-10-24)14-17-3-2-4-19(12-17)25(27)28/h2-6,11-12,15H,7-10,13-14H2,1H3. The highest BCUT2D eigenvalue weighted by Crippen LogP contribution is 2.23. The van der Waals surface area contributed by atoms with Crippen molar-refractivity contribution in [2.45, 2.75) is 19.9 Å². The Balaban J connectivity index is 1.33. The van der Waals surface area contributed by atoms with E-state index in [1.165, 1.54) is 6.07 Å². The maximum atomic E-state index is 12.8. The van der Waals surface area contributed by atoms with Crippen LogP contribution in [0.3, 0.4) is 0 Å². The maximum Gasteiger partial charge on any atom is 0.269 e. The molecule has 1 aliphatic heterocycles. The molecule has 1 fully saturated rings. The molecule has 0 bridgehead atoms. The molecule has 7 heteroatoms. The Labute approximate surface area is 168 Å². The number of nitrogens with zero attached hydrogens (tertiary/aromatic N) is 3. The van der Waals surface area contributed by atoms with Crippen LogP contribution in [0.15, 0.2) is 53.1 Å². The van der Waals surface area contributed by atoms with Gasteiger partial charge in [0.25, 0.3) is 5.69 Å². The summed E-state index contributed by atoms with van der Waals surface area (Å²) >= 11 is 0. The van der Waals surface area contributed by atoms with Crippen molar-refractivity contribution in [1.82, 2.24) is 9.80 Å². The fourth-order valence-corrected chi connectivity index (χ4v) is 3.78. The molecule has 4 rings (SSSR count). The first kappa shape index (κ1) is 19.1. The van der Waals surface area contributed by atoms with E-state index in [9.17, 15) is 14.9 Å². The van der Waals surface area contributed by atoms with Gasteiger partial charge in [0.05, 0.1) is 17.6 Å². The molecule has 7 nitrogen and oxygen atoms in total. The molecule has 0 spiro atoms. The summed E-state index contributed by atoms with van der Waals surface area (Å²) in [5.74, 6) is 0.100. The second-order valence-electron chi connectivity index (χ2n) is 7.52. The molecule has 2 aromatic carbocycles. The van der Waals surface area contributed by atoms with Gasteiger partial charge < -0.3 is 9.32 Å². The predicted molar refractivity (Wildman–Crippen MR) is 110 cm³/mol. The highest BCUT2D eigenvalue weighted by molar-refractivity contribution is 5.88. The summed E-state index contributed by atoms with van der Waals surface area (Å²) in [5, 5.41) is 11.9. The summed E-state index contributed by atoms with van der Waals surface area (Å²) in [4.78, 5) is 27.4. The molecule has 1 saturated heterocycles. The van der Waals surface area contributed by atoms with Crippen molar-refractivity contribution >= 4 is 22.6 Å². The third-order valence-electron chi connectivity index (χ3n) is 5.41. The second-order valence-corrected chi connectivity index (χ2v) is 7.52. The van der Waals surface area contributed by atoms with Crippen molar-refractivity contribution in [2.24, 2.45) is 0 Å². The first-order valence-corrected chi connectivity index (χ1v) is 9.70. The van der Waals surface area contributed by atoms with Crippen LogP contribution >= 0.6 is 0 Å². The topological polar surface area (TPSA) is 79.8 Å². The molecule has 3 aromatic rings. The molecule has 0 saturated carbocycles. The minimum absolute atomic E-state index is 0.100. The molecule has 0 N–H and O–H groups in total. The average molecular weight is 393 g/mol. The molecular formula is C22H23N3O4. The van der Waals surface area contributed by atoms with Gasteiger partial charge >= 0.3 is 0 Å². The smallest absolute Gasteiger partial charge is 0.269 e. The number of amides is 1. The molecule has 1 aromatic heterocycles. The highest BCUT2D eigenvalue weighted by Gasteiger charge is 2.22. The zero-order valence-electron chi connectivity index (χ0n) is 16.3. The first-order chi connectivity index (χ1) is 14.0. The van der Waals surface area contributed by atoms with Crippen LogP contribution in [0.1, 0.15) is 16.7 Å². The van der Waals surface area contributed by atoms with Crippen molar-refractivity contribution in [2.75, 3.05) is 26.2 Å². The van der Waals surface area contributed by atoms with Gasteiger partial charge in [0.1, 0.15) is 5.58 Å². The highest BCUT2D eigenvalue weighted by atomic mass is 16.6. The number of furan rings is 1. The lowest BCUT2D eigenvalue weighted by Gasteiger charge is -2.34. The number of benzene rings is 2. The van der Waals surface area contributed by atoms with Crippen molar-refractivity contribution in [3.05, 3.63) is 75.5 Å². The van der Waals surface area contributed by atoms with Crippen molar-refractivity contribution in [3.63, 3.8) is 0 Å². The number of carbonyl (C=O) groups is 1. The number of non-ortho nitro benzene ring substituents is 1. The van der Waals surface area contributed by atoms with E-state index < -0.39 is 0 Å². The van der Waals surface area contributed by atoms with Gasteiger partial charge in [-0.2, -0.15) is 0 Å². The lowest BCUT2D eigenvalue weighted by Crippen LogP contribution is -2.48. The number of carbonyl (C=O) groups excluding carboxylic acids is 1. The van der Waals surface area contributed by atoms with Gasteiger partial charge in [0.2, 0.25) is 5.91 Å². The van der Waals surface area contributed by atoms with E-state index in [4.69, 9.17) is 4.42 Å². The fourth-order valence-electron chi connectivity index (χ4n) is 3.78. The van der Waals surface area contributed by atoms with Crippen molar-refractivity contribution in [1.29, 1.82) is 0 Å². The Hall–Kier alpha value is -3.19. The summed E-state index contributed by atoms with van der Waals surface area (Å²) in [6.45, 7) is 5.47. The molecule has 0 aliphatic carbocycles. The van der Waals surface area contributed by atoms with Gasteiger partial charge in [-0.25, -0.2) is 0 Å². The monoisotopic (exact) mass is 393 g/mol. The van der Waals surface area contributed by atoms with Crippen LogP contribution < -0.4 is 0 Å². The quantitative estimate of drug-likeness (QED) is 0.489. The van der Waals surface area contributed by atoms with E-state index in [2.05, 4.69) is 4.90 Å². The number of fused-ring (bicyclic) bond motifs is 1. The van der Waals surface area contributed by atoms with Gasteiger partial charge in [-0.1, -0.05) is 24.3 Å². The van der Waals surface area contributed by atoms with Crippen molar-refractivity contribution in [3.8, 4) is 0 Å². The van der Waals surface area contributed by atoms with Gasteiger partial charge in [0.15, 0.2) is 0 Å². The zero-order valence-corrected chi connectivity index (χ0v) is 16.3. The molecule has 0 unspecified atom stereocenters. The fraction of sp³-hybridized carbons (Fsp3) is 0.318. The van der Waals surface area contributed by atoms with E-state index >= 15 is 0 Å². The molecule has 1 aliphatic rings. The summed E-state index contributed by atoms with van der Waals surface area (Å²) in [6.07, 6.45) is 2.02. The molecule has 1 amide bonds. The predicted octanol–water partition coefficient (Wildman–Crippen LogP) is 3.54. The Morgan fingerprint density at radius 3 is 2.69 bits per heavy atom. The Morgan fingerprint density at radius 1 is 1.14 bits per heavy atom. The summed E-state index contributed by atoms with van der Waals surface area (Å²) in [6, 6.07) is 12.7. The van der Waals surface area contributed by atoms with Gasteiger partial charge in [0, 0.05) is 55.8 Å². The van der Waals surface area contributed by atoms with E-state index in [-0.39, 0.29) is 16.5 Å². The number of nitro groups is 1. The molecule has 0 atom stereocenters. The summed E-state index contributed by atoms with van der Waals surface area (Å²) in [5.41, 5.74) is 3.89. The van der Waals surface area contributed by atoms with Gasteiger partial charge in [-0.05, 0) is 24.1 Å². The van der Waals surface area contributed by atoms with E-state index in [0.717, 1.165) is 40.7 Å². The number of hydrogen-bond acceptors (Lipinski definition) is 5. The number of piperazine rings is 1. The van der Waals surface area contributed by atoms with E-state index in [1.54, 1.807) is 18.4 Å². The molecule has 150 valence electrons.